The van der Waals surface area contributed by atoms with Crippen molar-refractivity contribution in [3.8, 4) is 5.75 Å². The fourth-order valence-corrected chi connectivity index (χ4v) is 1.12. The number of benzene rings is 1. The Balaban J connectivity index is 0.00000289. The Morgan fingerprint density at radius 3 is 2.61 bits per heavy atom. The smallest absolute Gasteiger partial charge is 0.406 e. The number of hydrogen-bond acceptors (Lipinski definition) is 3. The van der Waals surface area contributed by atoms with Gasteiger partial charge in [-0.15, -0.1) is 25.6 Å². The third kappa shape index (κ3) is 5.74. The molecule has 1 aromatic carbocycles. The van der Waals surface area contributed by atoms with Crippen LogP contribution in [0.1, 0.15) is 10.4 Å². The van der Waals surface area contributed by atoms with Crippen LogP contribution in [-0.4, -0.2) is 25.4 Å². The second kappa shape index (κ2) is 7.07. The fourth-order valence-electron chi connectivity index (χ4n) is 1.12. The Morgan fingerprint density at radius 2 is 2.06 bits per heavy atom. The van der Waals surface area contributed by atoms with Crippen LogP contribution in [0.4, 0.5) is 13.2 Å². The van der Waals surface area contributed by atoms with Crippen LogP contribution in [-0.2, 0) is 0 Å². The van der Waals surface area contributed by atoms with Gasteiger partial charge < -0.3 is 15.8 Å². The van der Waals surface area contributed by atoms with Crippen LogP contribution in [0, 0.1) is 0 Å². The second-order valence-electron chi connectivity index (χ2n) is 3.12. The van der Waals surface area contributed by atoms with E-state index in [2.05, 4.69) is 10.1 Å². The Labute approximate surface area is 108 Å². The number of rotatable bonds is 4. The van der Waals surface area contributed by atoms with E-state index >= 15 is 0 Å². The Bertz CT molecular complexity index is 399. The molecule has 8 heteroatoms. The molecule has 0 aliphatic heterocycles. The van der Waals surface area contributed by atoms with Gasteiger partial charge in [-0.2, -0.15) is 0 Å². The highest BCUT2D eigenvalue weighted by molar-refractivity contribution is 5.94. The molecule has 0 saturated carbocycles. The summed E-state index contributed by atoms with van der Waals surface area (Å²) in [6.45, 7) is 0.508. The molecule has 1 rings (SSSR count). The molecule has 0 aliphatic carbocycles. The number of hydrogen-bond donors (Lipinski definition) is 2. The number of ether oxygens (including phenoxy) is 1. The molecule has 1 amide bonds. The van der Waals surface area contributed by atoms with Crippen molar-refractivity contribution >= 4 is 18.3 Å². The lowest BCUT2D eigenvalue weighted by molar-refractivity contribution is -0.274. The highest BCUT2D eigenvalue weighted by Crippen LogP contribution is 2.23. The molecule has 0 radical (unpaired) electrons. The molecule has 0 saturated heterocycles. The van der Waals surface area contributed by atoms with Gasteiger partial charge in [0, 0.05) is 18.7 Å². The van der Waals surface area contributed by atoms with Gasteiger partial charge in [-0.05, 0) is 18.2 Å². The van der Waals surface area contributed by atoms with E-state index in [-0.39, 0.29) is 31.1 Å². The second-order valence-corrected chi connectivity index (χ2v) is 3.12. The van der Waals surface area contributed by atoms with Gasteiger partial charge in [0.05, 0.1) is 0 Å². The first kappa shape index (κ1) is 16.5. The van der Waals surface area contributed by atoms with E-state index in [4.69, 9.17) is 5.73 Å². The van der Waals surface area contributed by atoms with E-state index in [0.29, 0.717) is 0 Å². The number of carbonyl (C=O) groups excluding carboxylic acids is 1. The van der Waals surface area contributed by atoms with Crippen molar-refractivity contribution in [2.45, 2.75) is 6.36 Å². The minimum absolute atomic E-state index is 0. The molecule has 0 aromatic heterocycles. The Morgan fingerprint density at radius 1 is 1.39 bits per heavy atom. The molecule has 0 fully saturated rings. The molecular weight excluding hydrogens is 273 g/mol. The molecule has 4 nitrogen and oxygen atoms in total. The lowest BCUT2D eigenvalue weighted by atomic mass is 10.2. The Kier molecular flexibility index (Phi) is 6.50. The summed E-state index contributed by atoms with van der Waals surface area (Å²) >= 11 is 0. The van der Waals surface area contributed by atoms with E-state index in [9.17, 15) is 18.0 Å². The molecule has 18 heavy (non-hydrogen) atoms. The molecule has 0 heterocycles. The number of carbonyl (C=O) groups is 1. The average Bonchev–Trinajstić information content (AvgIpc) is 2.24. The predicted molar refractivity (Wildman–Crippen MR) is 61.8 cm³/mol. The van der Waals surface area contributed by atoms with Gasteiger partial charge in [-0.1, -0.05) is 6.07 Å². The first-order valence-electron chi connectivity index (χ1n) is 4.76. The highest BCUT2D eigenvalue weighted by atomic mass is 35.5. The maximum atomic E-state index is 11.9. The van der Waals surface area contributed by atoms with Crippen molar-refractivity contribution in [1.82, 2.24) is 5.32 Å². The molecular formula is C10H12ClF3N2O2. The quantitative estimate of drug-likeness (QED) is 0.884. The van der Waals surface area contributed by atoms with Crippen LogP contribution in [0.3, 0.4) is 0 Å². The zero-order valence-corrected chi connectivity index (χ0v) is 9.98. The van der Waals surface area contributed by atoms with E-state index < -0.39 is 18.0 Å². The number of nitrogens with two attached hydrogens (primary N) is 1. The summed E-state index contributed by atoms with van der Waals surface area (Å²) in [5, 5.41) is 2.44. The summed E-state index contributed by atoms with van der Waals surface area (Å²) < 4.78 is 39.5. The van der Waals surface area contributed by atoms with Crippen molar-refractivity contribution in [1.29, 1.82) is 0 Å². The van der Waals surface area contributed by atoms with Crippen LogP contribution in [0.15, 0.2) is 24.3 Å². The first-order valence-corrected chi connectivity index (χ1v) is 4.76. The summed E-state index contributed by atoms with van der Waals surface area (Å²) in [5.74, 6) is -0.930. The van der Waals surface area contributed by atoms with Crippen molar-refractivity contribution < 1.29 is 22.7 Å². The molecule has 0 unspecified atom stereocenters. The zero-order valence-electron chi connectivity index (χ0n) is 9.16. The molecule has 102 valence electrons. The van der Waals surface area contributed by atoms with Crippen molar-refractivity contribution in [2.24, 2.45) is 5.73 Å². The molecule has 0 aliphatic rings. The monoisotopic (exact) mass is 284 g/mol. The summed E-state index contributed by atoms with van der Waals surface area (Å²) in [6.07, 6.45) is -4.77. The predicted octanol–water partition coefficient (Wildman–Crippen LogP) is 1.70. The van der Waals surface area contributed by atoms with Crippen molar-refractivity contribution in [3.05, 3.63) is 29.8 Å². The molecule has 0 bridgehead atoms. The molecule has 0 spiro atoms. The SMILES string of the molecule is Cl.NCCNC(=O)c1cccc(OC(F)(F)F)c1. The first-order chi connectivity index (χ1) is 7.92. The third-order valence-corrected chi connectivity index (χ3v) is 1.76. The van der Waals surface area contributed by atoms with Crippen LogP contribution in [0.25, 0.3) is 0 Å². The van der Waals surface area contributed by atoms with Crippen molar-refractivity contribution in [3.63, 3.8) is 0 Å². The van der Waals surface area contributed by atoms with Crippen LogP contribution in [0.5, 0.6) is 5.75 Å². The Hall–Kier alpha value is -1.47. The average molecular weight is 285 g/mol. The third-order valence-electron chi connectivity index (χ3n) is 1.76. The van der Waals surface area contributed by atoms with Gasteiger partial charge >= 0.3 is 6.36 Å². The topological polar surface area (TPSA) is 64.3 Å². The van der Waals surface area contributed by atoms with E-state index in [1.54, 1.807) is 0 Å². The van der Waals surface area contributed by atoms with Gasteiger partial charge in [0.25, 0.3) is 5.91 Å². The largest absolute Gasteiger partial charge is 0.573 e. The minimum atomic E-state index is -4.77. The summed E-state index contributed by atoms with van der Waals surface area (Å²) in [4.78, 5) is 11.4. The maximum absolute atomic E-state index is 11.9. The van der Waals surface area contributed by atoms with Gasteiger partial charge in [-0.3, -0.25) is 4.79 Å². The summed E-state index contributed by atoms with van der Waals surface area (Å²) in [6, 6.07) is 4.82. The molecule has 0 atom stereocenters. The number of amides is 1. The van der Waals surface area contributed by atoms with Crippen LogP contribution in [0.2, 0.25) is 0 Å². The van der Waals surface area contributed by atoms with Gasteiger partial charge in [0.15, 0.2) is 0 Å². The zero-order chi connectivity index (χ0) is 12.9. The van der Waals surface area contributed by atoms with E-state index in [1.165, 1.54) is 12.1 Å². The van der Waals surface area contributed by atoms with Gasteiger partial charge in [0.1, 0.15) is 5.75 Å². The lowest BCUT2D eigenvalue weighted by Gasteiger charge is -2.10. The maximum Gasteiger partial charge on any atom is 0.573 e. The molecule has 1 aromatic rings. The molecule has 3 N–H and O–H groups in total. The van der Waals surface area contributed by atoms with Crippen molar-refractivity contribution in [2.75, 3.05) is 13.1 Å². The fraction of sp³-hybridized carbons (Fsp3) is 0.300. The highest BCUT2D eigenvalue weighted by Gasteiger charge is 2.31. The van der Waals surface area contributed by atoms with E-state index in [1.807, 2.05) is 0 Å². The van der Waals surface area contributed by atoms with Gasteiger partial charge in [0.2, 0.25) is 0 Å². The standard InChI is InChI=1S/C10H11F3N2O2.ClH/c11-10(12,13)17-8-3-1-2-7(6-8)9(16)15-5-4-14;/h1-3,6H,4-5,14H2,(H,15,16);1H. The number of halogens is 4. The van der Waals surface area contributed by atoms with E-state index in [0.717, 1.165) is 12.1 Å². The van der Waals surface area contributed by atoms with Crippen LogP contribution >= 0.6 is 12.4 Å². The van der Waals surface area contributed by atoms with Gasteiger partial charge in [-0.25, -0.2) is 0 Å². The normalized spacial score (nSPS) is 10.4. The number of nitrogens with one attached hydrogen (secondary N) is 1. The number of alkyl halides is 3. The summed E-state index contributed by atoms with van der Waals surface area (Å²) in [7, 11) is 0. The summed E-state index contributed by atoms with van der Waals surface area (Å²) in [5.41, 5.74) is 5.26. The minimum Gasteiger partial charge on any atom is -0.406 e. The van der Waals surface area contributed by atoms with Crippen LogP contribution < -0.4 is 15.8 Å². The lowest BCUT2D eigenvalue weighted by Crippen LogP contribution is -2.29.